The molecule has 0 saturated heterocycles. The average Bonchev–Trinajstić information content (AvgIpc) is 2.76. The molecule has 0 unspecified atom stereocenters. The quantitative estimate of drug-likeness (QED) is 0.370. The maximum Gasteiger partial charge on any atom is 0.347 e. The molecule has 0 aliphatic rings. The number of methoxy groups -OCH3 is 1. The van der Waals surface area contributed by atoms with Crippen LogP contribution in [0.1, 0.15) is 21.5 Å². The van der Waals surface area contributed by atoms with E-state index in [1.807, 2.05) is 30.3 Å². The predicted molar refractivity (Wildman–Crippen MR) is 110 cm³/mol. The maximum absolute atomic E-state index is 12.9. The Morgan fingerprint density at radius 3 is 2.38 bits per heavy atom. The SMILES string of the molecule is COc1ccccc1C(=O)Oc1c(Cc2ccccc2)c(=O)oc2ccccc12. The van der Waals surface area contributed by atoms with Crippen LogP contribution < -0.4 is 15.1 Å². The molecule has 0 bridgehead atoms. The van der Waals surface area contributed by atoms with Gasteiger partial charge in [0, 0.05) is 6.42 Å². The monoisotopic (exact) mass is 386 g/mol. The van der Waals surface area contributed by atoms with Gasteiger partial charge in [0.25, 0.3) is 0 Å². The topological polar surface area (TPSA) is 65.7 Å². The number of benzene rings is 3. The fraction of sp³-hybridized carbons (Fsp3) is 0.0833. The second-order valence-corrected chi connectivity index (χ2v) is 6.45. The molecule has 1 aromatic heterocycles. The van der Waals surface area contributed by atoms with Crippen molar-refractivity contribution in [3.05, 3.63) is 106 Å². The van der Waals surface area contributed by atoms with Gasteiger partial charge in [-0.3, -0.25) is 0 Å². The highest BCUT2D eigenvalue weighted by atomic mass is 16.5. The molecule has 29 heavy (non-hydrogen) atoms. The van der Waals surface area contributed by atoms with Crippen LogP contribution in [0.4, 0.5) is 0 Å². The lowest BCUT2D eigenvalue weighted by molar-refractivity contribution is 0.0731. The lowest BCUT2D eigenvalue weighted by Crippen LogP contribution is -2.16. The number of fused-ring (bicyclic) bond motifs is 1. The number of para-hydroxylation sites is 2. The smallest absolute Gasteiger partial charge is 0.347 e. The lowest BCUT2D eigenvalue weighted by atomic mass is 10.0. The largest absolute Gasteiger partial charge is 0.496 e. The van der Waals surface area contributed by atoms with Crippen LogP contribution in [0, 0.1) is 0 Å². The van der Waals surface area contributed by atoms with Gasteiger partial charge < -0.3 is 13.9 Å². The molecule has 5 heteroatoms. The molecule has 0 saturated carbocycles. The first-order valence-corrected chi connectivity index (χ1v) is 9.11. The van der Waals surface area contributed by atoms with E-state index < -0.39 is 11.6 Å². The first-order valence-electron chi connectivity index (χ1n) is 9.11. The molecule has 0 atom stereocenters. The first-order chi connectivity index (χ1) is 14.2. The van der Waals surface area contributed by atoms with Crippen LogP contribution in [0.3, 0.4) is 0 Å². The van der Waals surface area contributed by atoms with Crippen molar-refractivity contribution in [3.63, 3.8) is 0 Å². The molecule has 5 nitrogen and oxygen atoms in total. The van der Waals surface area contributed by atoms with Crippen LogP contribution in [0.25, 0.3) is 11.0 Å². The summed E-state index contributed by atoms with van der Waals surface area (Å²) in [5.74, 6) is -0.00138. The van der Waals surface area contributed by atoms with E-state index in [9.17, 15) is 9.59 Å². The second kappa shape index (κ2) is 8.02. The van der Waals surface area contributed by atoms with E-state index in [0.717, 1.165) is 5.56 Å². The highest BCUT2D eigenvalue weighted by molar-refractivity contribution is 5.96. The minimum absolute atomic E-state index is 0.205. The molecule has 4 aromatic rings. The summed E-state index contributed by atoms with van der Waals surface area (Å²) in [5, 5.41) is 0.557. The number of rotatable bonds is 5. The summed E-state index contributed by atoms with van der Waals surface area (Å²) in [4.78, 5) is 25.6. The van der Waals surface area contributed by atoms with Crippen LogP contribution in [-0.4, -0.2) is 13.1 Å². The van der Waals surface area contributed by atoms with Crippen LogP contribution in [-0.2, 0) is 6.42 Å². The molecular weight excluding hydrogens is 368 g/mol. The normalized spacial score (nSPS) is 10.7. The number of hydrogen-bond donors (Lipinski definition) is 0. The van der Waals surface area contributed by atoms with E-state index in [1.54, 1.807) is 48.5 Å². The summed E-state index contributed by atoms with van der Waals surface area (Å²) in [6.45, 7) is 0. The van der Waals surface area contributed by atoms with Gasteiger partial charge in [-0.15, -0.1) is 0 Å². The zero-order chi connectivity index (χ0) is 20.2. The van der Waals surface area contributed by atoms with Gasteiger partial charge in [0.15, 0.2) is 5.75 Å². The van der Waals surface area contributed by atoms with Crippen molar-refractivity contribution in [1.82, 2.24) is 0 Å². The zero-order valence-electron chi connectivity index (χ0n) is 15.8. The molecule has 144 valence electrons. The Kier molecular flexibility index (Phi) is 5.12. The van der Waals surface area contributed by atoms with Crippen LogP contribution in [0.5, 0.6) is 11.5 Å². The van der Waals surface area contributed by atoms with E-state index in [2.05, 4.69) is 0 Å². The number of carbonyl (C=O) groups is 1. The highest BCUT2D eigenvalue weighted by Gasteiger charge is 2.21. The first kappa shape index (κ1) is 18.5. The standard InChI is InChI=1S/C24H18O5/c1-27-20-13-7-6-12-18(20)23(25)29-22-17-11-5-8-14-21(17)28-24(26)19(22)15-16-9-3-2-4-10-16/h2-14H,15H2,1H3. The van der Waals surface area contributed by atoms with Gasteiger partial charge in [-0.05, 0) is 29.8 Å². The predicted octanol–water partition coefficient (Wildman–Crippen LogP) is 4.61. The third kappa shape index (κ3) is 3.75. The number of carbonyl (C=O) groups excluding carboxylic acids is 1. The van der Waals surface area contributed by atoms with E-state index >= 15 is 0 Å². The van der Waals surface area contributed by atoms with Crippen molar-refractivity contribution in [1.29, 1.82) is 0 Å². The Morgan fingerprint density at radius 2 is 1.59 bits per heavy atom. The van der Waals surface area contributed by atoms with Gasteiger partial charge in [-0.25, -0.2) is 9.59 Å². The molecule has 0 aliphatic carbocycles. The fourth-order valence-corrected chi connectivity index (χ4v) is 3.19. The fourth-order valence-electron chi connectivity index (χ4n) is 3.19. The van der Waals surface area contributed by atoms with Crippen molar-refractivity contribution in [2.24, 2.45) is 0 Å². The second-order valence-electron chi connectivity index (χ2n) is 6.45. The molecule has 4 rings (SSSR count). The Balaban J connectivity index is 1.84. The summed E-state index contributed by atoms with van der Waals surface area (Å²) in [5.41, 5.74) is 1.30. The van der Waals surface area contributed by atoms with Crippen molar-refractivity contribution < 1.29 is 18.7 Å². The zero-order valence-corrected chi connectivity index (χ0v) is 15.8. The molecular formula is C24H18O5. The highest BCUT2D eigenvalue weighted by Crippen LogP contribution is 2.30. The summed E-state index contributed by atoms with van der Waals surface area (Å²) in [6.07, 6.45) is 0.280. The van der Waals surface area contributed by atoms with Gasteiger partial charge in [0.05, 0.1) is 18.1 Å². The molecule has 0 spiro atoms. The van der Waals surface area contributed by atoms with Gasteiger partial charge in [0.2, 0.25) is 0 Å². The van der Waals surface area contributed by atoms with E-state index in [1.165, 1.54) is 7.11 Å². The van der Waals surface area contributed by atoms with Gasteiger partial charge in [0.1, 0.15) is 16.9 Å². The van der Waals surface area contributed by atoms with E-state index in [0.29, 0.717) is 16.7 Å². The van der Waals surface area contributed by atoms with E-state index in [-0.39, 0.29) is 23.3 Å². The Hall–Kier alpha value is -3.86. The molecule has 0 N–H and O–H groups in total. The molecule has 0 aliphatic heterocycles. The van der Waals surface area contributed by atoms with Crippen LogP contribution in [0.2, 0.25) is 0 Å². The number of ether oxygens (including phenoxy) is 2. The van der Waals surface area contributed by atoms with Crippen molar-refractivity contribution in [2.45, 2.75) is 6.42 Å². The van der Waals surface area contributed by atoms with Gasteiger partial charge in [-0.2, -0.15) is 0 Å². The Bertz CT molecular complexity index is 1220. The van der Waals surface area contributed by atoms with E-state index in [4.69, 9.17) is 13.9 Å². The minimum Gasteiger partial charge on any atom is -0.496 e. The van der Waals surface area contributed by atoms with Gasteiger partial charge >= 0.3 is 11.6 Å². The summed E-state index contributed by atoms with van der Waals surface area (Å²) >= 11 is 0. The third-order valence-electron chi connectivity index (χ3n) is 4.60. The lowest BCUT2D eigenvalue weighted by Gasteiger charge is -2.13. The molecule has 3 aromatic carbocycles. The van der Waals surface area contributed by atoms with Crippen molar-refractivity contribution >= 4 is 16.9 Å². The summed E-state index contributed by atoms with van der Waals surface area (Å²) in [7, 11) is 1.49. The minimum atomic E-state index is -0.604. The Morgan fingerprint density at radius 1 is 0.897 bits per heavy atom. The summed E-state index contributed by atoms with van der Waals surface area (Å²) < 4.78 is 16.5. The average molecular weight is 386 g/mol. The number of hydrogen-bond acceptors (Lipinski definition) is 5. The maximum atomic E-state index is 12.9. The van der Waals surface area contributed by atoms with Crippen molar-refractivity contribution in [3.8, 4) is 11.5 Å². The van der Waals surface area contributed by atoms with Gasteiger partial charge in [-0.1, -0.05) is 54.6 Å². The molecule has 1 heterocycles. The number of esters is 1. The molecule has 0 amide bonds. The van der Waals surface area contributed by atoms with Crippen LogP contribution >= 0.6 is 0 Å². The van der Waals surface area contributed by atoms with Crippen molar-refractivity contribution in [2.75, 3.05) is 7.11 Å². The Labute approximate surface area is 167 Å². The third-order valence-corrected chi connectivity index (χ3v) is 4.60. The molecule has 0 fully saturated rings. The molecule has 0 radical (unpaired) electrons. The summed E-state index contributed by atoms with van der Waals surface area (Å²) in [6, 6.07) is 23.3. The van der Waals surface area contributed by atoms with Crippen LogP contribution in [0.15, 0.2) is 88.1 Å².